The van der Waals surface area contributed by atoms with Gasteiger partial charge in [-0.25, -0.2) is 4.68 Å². The van der Waals surface area contributed by atoms with E-state index in [1.54, 1.807) is 29.2 Å². The van der Waals surface area contributed by atoms with Gasteiger partial charge in [0, 0.05) is 31.2 Å². The molecule has 1 atom stereocenters. The van der Waals surface area contributed by atoms with Gasteiger partial charge in [0.05, 0.1) is 5.69 Å². The summed E-state index contributed by atoms with van der Waals surface area (Å²) < 4.78 is 1.68. The molecule has 0 aliphatic heterocycles. The third kappa shape index (κ3) is 5.71. The maximum Gasteiger partial charge on any atom is 0.269 e. The first-order valence-electron chi connectivity index (χ1n) is 6.16. The highest BCUT2D eigenvalue weighted by Gasteiger charge is 2.08. The number of hydrogen-bond donors (Lipinski definition) is 2. The Balaban J connectivity index is 0.00000200. The molecule has 0 aliphatic rings. The van der Waals surface area contributed by atoms with Crippen molar-refractivity contribution in [3.05, 3.63) is 42.5 Å². The first kappa shape index (κ1) is 19.4. The van der Waals surface area contributed by atoms with Gasteiger partial charge < -0.3 is 11.1 Å². The van der Waals surface area contributed by atoms with Crippen molar-refractivity contribution in [2.45, 2.75) is 19.4 Å². The van der Waals surface area contributed by atoms with Crippen molar-refractivity contribution >= 4 is 30.7 Å². The molecule has 2 aromatic heterocycles. The first-order chi connectivity index (χ1) is 9.16. The highest BCUT2D eigenvalue weighted by atomic mass is 35.5. The Morgan fingerprint density at radius 2 is 2.19 bits per heavy atom. The van der Waals surface area contributed by atoms with Crippen molar-refractivity contribution in [1.29, 1.82) is 0 Å². The van der Waals surface area contributed by atoms with E-state index in [9.17, 15) is 4.79 Å². The summed E-state index contributed by atoms with van der Waals surface area (Å²) in [5, 5.41) is 6.90. The van der Waals surface area contributed by atoms with Crippen LogP contribution in [0.3, 0.4) is 0 Å². The van der Waals surface area contributed by atoms with Gasteiger partial charge in [-0.15, -0.1) is 24.8 Å². The molecule has 0 aliphatic carbocycles. The van der Waals surface area contributed by atoms with E-state index in [4.69, 9.17) is 5.73 Å². The lowest BCUT2D eigenvalue weighted by Gasteiger charge is -2.08. The molecule has 2 rings (SSSR count). The van der Waals surface area contributed by atoms with Gasteiger partial charge >= 0.3 is 0 Å². The lowest BCUT2D eigenvalue weighted by molar-refractivity contribution is 0.0948. The van der Waals surface area contributed by atoms with E-state index in [0.717, 1.165) is 12.1 Å². The highest BCUT2D eigenvalue weighted by Crippen LogP contribution is 2.06. The van der Waals surface area contributed by atoms with Crippen molar-refractivity contribution in [2.24, 2.45) is 5.73 Å². The lowest BCUT2D eigenvalue weighted by Crippen LogP contribution is -2.29. The summed E-state index contributed by atoms with van der Waals surface area (Å²) in [5.41, 5.74) is 6.80. The summed E-state index contributed by atoms with van der Waals surface area (Å²) in [7, 11) is 0. The summed E-state index contributed by atoms with van der Waals surface area (Å²) in [6, 6.07) is 5.40. The molecule has 0 radical (unpaired) electrons. The van der Waals surface area contributed by atoms with Crippen LogP contribution in [0.4, 0.5) is 0 Å². The van der Waals surface area contributed by atoms with Crippen molar-refractivity contribution in [3.63, 3.8) is 0 Å². The minimum atomic E-state index is -0.199. The third-order valence-corrected chi connectivity index (χ3v) is 2.63. The molecule has 0 aromatic carbocycles. The summed E-state index contributed by atoms with van der Waals surface area (Å²) in [6.45, 7) is 2.45. The summed E-state index contributed by atoms with van der Waals surface area (Å²) in [4.78, 5) is 16.0. The molecule has 6 nitrogen and oxygen atoms in total. The van der Waals surface area contributed by atoms with Crippen LogP contribution in [-0.2, 0) is 0 Å². The largest absolute Gasteiger partial charge is 0.351 e. The molecule has 0 bridgehead atoms. The number of halogens is 2. The van der Waals surface area contributed by atoms with Crippen LogP contribution in [0.2, 0.25) is 0 Å². The molecule has 0 saturated heterocycles. The van der Waals surface area contributed by atoms with Gasteiger partial charge in [-0.05, 0) is 31.5 Å². The summed E-state index contributed by atoms with van der Waals surface area (Å²) in [5.74, 6) is -0.199. The van der Waals surface area contributed by atoms with Crippen molar-refractivity contribution in [2.75, 3.05) is 6.54 Å². The number of pyridine rings is 1. The zero-order valence-electron chi connectivity index (χ0n) is 11.6. The fourth-order valence-electron chi connectivity index (χ4n) is 1.61. The van der Waals surface area contributed by atoms with Crippen LogP contribution in [0.25, 0.3) is 5.69 Å². The first-order valence-corrected chi connectivity index (χ1v) is 6.16. The predicted molar refractivity (Wildman–Crippen MR) is 86.5 cm³/mol. The predicted octanol–water partition coefficient (Wildman–Crippen LogP) is 1.58. The topological polar surface area (TPSA) is 85.8 Å². The van der Waals surface area contributed by atoms with E-state index in [0.29, 0.717) is 12.2 Å². The van der Waals surface area contributed by atoms with E-state index >= 15 is 0 Å². The van der Waals surface area contributed by atoms with Gasteiger partial charge in [-0.1, -0.05) is 0 Å². The van der Waals surface area contributed by atoms with E-state index in [1.165, 1.54) is 0 Å². The van der Waals surface area contributed by atoms with Gasteiger partial charge in [-0.2, -0.15) is 5.10 Å². The minimum Gasteiger partial charge on any atom is -0.351 e. The van der Waals surface area contributed by atoms with Crippen LogP contribution < -0.4 is 11.1 Å². The fraction of sp³-hybridized carbons (Fsp3) is 0.308. The molecular weight excluding hydrogens is 313 g/mol. The number of aromatic nitrogens is 3. The normalized spacial score (nSPS) is 11.0. The number of rotatable bonds is 5. The average molecular weight is 332 g/mol. The van der Waals surface area contributed by atoms with Gasteiger partial charge in [0.2, 0.25) is 0 Å². The van der Waals surface area contributed by atoms with Gasteiger partial charge in [0.1, 0.15) is 5.69 Å². The van der Waals surface area contributed by atoms with E-state index in [2.05, 4.69) is 15.4 Å². The van der Waals surface area contributed by atoms with Crippen LogP contribution >= 0.6 is 24.8 Å². The maximum atomic E-state index is 11.9. The Morgan fingerprint density at radius 3 is 2.81 bits per heavy atom. The third-order valence-electron chi connectivity index (χ3n) is 2.63. The van der Waals surface area contributed by atoms with Crippen LogP contribution in [0.5, 0.6) is 0 Å². The second-order valence-corrected chi connectivity index (χ2v) is 4.37. The SMILES string of the molecule is CC(N)CCNC(=O)c1cc(-n2cccn2)ccn1.Cl.Cl. The number of hydrogen-bond acceptors (Lipinski definition) is 4. The molecule has 2 heterocycles. The second kappa shape index (κ2) is 9.33. The van der Waals surface area contributed by atoms with Crippen LogP contribution in [0.1, 0.15) is 23.8 Å². The van der Waals surface area contributed by atoms with Crippen LogP contribution in [0.15, 0.2) is 36.8 Å². The zero-order chi connectivity index (χ0) is 13.7. The molecule has 0 spiro atoms. The zero-order valence-corrected chi connectivity index (χ0v) is 13.2. The Kier molecular flexibility index (Phi) is 8.61. The molecule has 21 heavy (non-hydrogen) atoms. The molecule has 0 saturated carbocycles. The van der Waals surface area contributed by atoms with Crippen LogP contribution in [0, 0.1) is 0 Å². The van der Waals surface area contributed by atoms with Crippen molar-refractivity contribution < 1.29 is 4.79 Å². The smallest absolute Gasteiger partial charge is 0.269 e. The van der Waals surface area contributed by atoms with Crippen LogP contribution in [-0.4, -0.2) is 33.3 Å². The highest BCUT2D eigenvalue weighted by molar-refractivity contribution is 5.92. The molecule has 1 unspecified atom stereocenters. The number of carbonyl (C=O) groups is 1. The Labute approximate surface area is 135 Å². The maximum absolute atomic E-state index is 11.9. The second-order valence-electron chi connectivity index (χ2n) is 4.37. The number of nitrogens with two attached hydrogens (primary N) is 1. The number of nitrogens with one attached hydrogen (secondary N) is 1. The Hall–Kier alpha value is -1.63. The van der Waals surface area contributed by atoms with Crippen molar-refractivity contribution in [3.8, 4) is 5.69 Å². The summed E-state index contributed by atoms with van der Waals surface area (Å²) in [6.07, 6.45) is 5.83. The van der Waals surface area contributed by atoms with Gasteiger partial charge in [0.25, 0.3) is 5.91 Å². The molecule has 2 aromatic rings. The minimum absolute atomic E-state index is 0. The number of nitrogens with zero attached hydrogens (tertiary/aromatic N) is 3. The van der Waals surface area contributed by atoms with Gasteiger partial charge in [0.15, 0.2) is 0 Å². The number of carbonyl (C=O) groups excluding carboxylic acids is 1. The van der Waals surface area contributed by atoms with E-state index < -0.39 is 0 Å². The van der Waals surface area contributed by atoms with E-state index in [-0.39, 0.29) is 36.8 Å². The molecule has 3 N–H and O–H groups in total. The molecular formula is C13H19Cl2N5O. The summed E-state index contributed by atoms with van der Waals surface area (Å²) >= 11 is 0. The van der Waals surface area contributed by atoms with E-state index in [1.807, 2.05) is 19.2 Å². The Bertz CT molecular complexity index is 545. The van der Waals surface area contributed by atoms with Crippen molar-refractivity contribution in [1.82, 2.24) is 20.1 Å². The molecule has 116 valence electrons. The fourth-order valence-corrected chi connectivity index (χ4v) is 1.61. The van der Waals surface area contributed by atoms with Gasteiger partial charge in [-0.3, -0.25) is 9.78 Å². The molecule has 1 amide bonds. The molecule has 0 fully saturated rings. The number of amides is 1. The Morgan fingerprint density at radius 1 is 1.43 bits per heavy atom. The quantitative estimate of drug-likeness (QED) is 0.870. The molecule has 8 heteroatoms. The standard InChI is InChI=1S/C13H17N5O.2ClH/c1-10(14)3-6-16-13(19)12-9-11(4-7-15-12)18-8-2-5-17-18;;/h2,4-5,7-10H,3,6,14H2,1H3,(H,16,19);2*1H. The lowest BCUT2D eigenvalue weighted by atomic mass is 10.2. The monoisotopic (exact) mass is 331 g/mol. The average Bonchev–Trinajstić information content (AvgIpc) is 2.92.